The van der Waals surface area contributed by atoms with E-state index in [1.54, 1.807) is 0 Å². The molecule has 0 bridgehead atoms. The van der Waals surface area contributed by atoms with E-state index in [-0.39, 0.29) is 0 Å². The molecule has 0 fully saturated rings. The van der Waals surface area contributed by atoms with Crippen molar-refractivity contribution in [2.75, 3.05) is 6.54 Å². The zero-order chi connectivity index (χ0) is 12.2. The van der Waals surface area contributed by atoms with Gasteiger partial charge in [0.2, 0.25) is 0 Å². The van der Waals surface area contributed by atoms with E-state index in [0.29, 0.717) is 0 Å². The SMILES string of the molecule is CCCCCCCCCCN1C=CC=CC=C1. The first-order valence-electron chi connectivity index (χ1n) is 7.21. The van der Waals surface area contributed by atoms with Crippen LogP contribution in [0.4, 0.5) is 0 Å². The maximum Gasteiger partial charge on any atom is 0.0219 e. The van der Waals surface area contributed by atoms with Crippen LogP contribution in [-0.2, 0) is 0 Å². The molecule has 1 aliphatic rings. The second kappa shape index (κ2) is 10.2. The van der Waals surface area contributed by atoms with Crippen LogP contribution >= 0.6 is 0 Å². The van der Waals surface area contributed by atoms with Gasteiger partial charge in [0.25, 0.3) is 0 Å². The van der Waals surface area contributed by atoms with Crippen molar-refractivity contribution in [1.82, 2.24) is 4.90 Å². The Bertz CT molecular complexity index is 234. The van der Waals surface area contributed by atoms with Gasteiger partial charge in [0.05, 0.1) is 0 Å². The van der Waals surface area contributed by atoms with E-state index in [2.05, 4.69) is 48.5 Å². The minimum Gasteiger partial charge on any atom is -0.354 e. The van der Waals surface area contributed by atoms with Crippen LogP contribution in [0.2, 0.25) is 0 Å². The van der Waals surface area contributed by atoms with E-state index in [4.69, 9.17) is 0 Å². The Labute approximate surface area is 107 Å². The van der Waals surface area contributed by atoms with Gasteiger partial charge in [0.15, 0.2) is 0 Å². The summed E-state index contributed by atoms with van der Waals surface area (Å²) in [5.74, 6) is 0. The first-order valence-corrected chi connectivity index (χ1v) is 7.21. The Kier molecular flexibility index (Phi) is 8.44. The summed E-state index contributed by atoms with van der Waals surface area (Å²) >= 11 is 0. The molecule has 0 aromatic rings. The minimum absolute atomic E-state index is 1.16. The zero-order valence-electron chi connectivity index (χ0n) is 11.3. The van der Waals surface area contributed by atoms with Crippen LogP contribution in [-0.4, -0.2) is 11.4 Å². The Morgan fingerprint density at radius 1 is 0.647 bits per heavy atom. The number of hydrogen-bond donors (Lipinski definition) is 0. The van der Waals surface area contributed by atoms with Crippen LogP contribution in [0.5, 0.6) is 0 Å². The number of allylic oxidation sites excluding steroid dienone is 4. The summed E-state index contributed by atoms with van der Waals surface area (Å²) in [7, 11) is 0. The van der Waals surface area contributed by atoms with E-state index in [0.717, 1.165) is 6.54 Å². The van der Waals surface area contributed by atoms with Gasteiger partial charge in [-0.2, -0.15) is 0 Å². The highest BCUT2D eigenvalue weighted by Gasteiger charge is 1.96. The summed E-state index contributed by atoms with van der Waals surface area (Å²) < 4.78 is 0. The molecule has 1 rings (SSSR count). The average molecular weight is 233 g/mol. The first-order chi connectivity index (χ1) is 8.43. The molecule has 0 amide bonds. The van der Waals surface area contributed by atoms with Crippen molar-refractivity contribution < 1.29 is 0 Å². The normalized spacial score (nSPS) is 14.3. The summed E-state index contributed by atoms with van der Waals surface area (Å²) in [5.41, 5.74) is 0. The van der Waals surface area contributed by atoms with Gasteiger partial charge in [0.1, 0.15) is 0 Å². The van der Waals surface area contributed by atoms with Crippen molar-refractivity contribution in [2.45, 2.75) is 58.3 Å². The summed E-state index contributed by atoms with van der Waals surface area (Å²) in [6, 6.07) is 0. The molecule has 0 N–H and O–H groups in total. The molecule has 0 unspecified atom stereocenters. The molecule has 0 aromatic carbocycles. The largest absolute Gasteiger partial charge is 0.354 e. The quantitative estimate of drug-likeness (QED) is 0.505. The molecular formula is C16H27N. The standard InChI is InChI=1S/C16H27N/c1-2-3-4-5-6-7-8-11-14-17-15-12-9-10-13-16-17/h9-10,12-13,15-16H,2-8,11,14H2,1H3. The number of rotatable bonds is 9. The van der Waals surface area contributed by atoms with Crippen molar-refractivity contribution in [3.05, 3.63) is 36.7 Å². The van der Waals surface area contributed by atoms with Gasteiger partial charge in [-0.1, -0.05) is 64.0 Å². The summed E-state index contributed by atoms with van der Waals surface area (Å²) in [4.78, 5) is 2.27. The van der Waals surface area contributed by atoms with E-state index >= 15 is 0 Å². The molecule has 1 nitrogen and oxygen atoms in total. The molecule has 0 radical (unpaired) electrons. The highest BCUT2D eigenvalue weighted by atomic mass is 15.1. The maximum atomic E-state index is 2.27. The van der Waals surface area contributed by atoms with Crippen molar-refractivity contribution in [3.8, 4) is 0 Å². The fourth-order valence-electron chi connectivity index (χ4n) is 2.08. The van der Waals surface area contributed by atoms with Crippen LogP contribution in [0.15, 0.2) is 36.7 Å². The van der Waals surface area contributed by atoms with Gasteiger partial charge in [0, 0.05) is 18.9 Å². The molecule has 17 heavy (non-hydrogen) atoms. The Hall–Kier alpha value is -0.980. The minimum atomic E-state index is 1.16. The lowest BCUT2D eigenvalue weighted by Gasteiger charge is -2.14. The number of unbranched alkanes of at least 4 members (excludes halogenated alkanes) is 7. The molecular weight excluding hydrogens is 206 g/mol. The molecule has 0 saturated carbocycles. The molecule has 1 heteroatoms. The number of hydrogen-bond acceptors (Lipinski definition) is 1. The molecule has 0 aliphatic carbocycles. The smallest absolute Gasteiger partial charge is 0.0219 e. The van der Waals surface area contributed by atoms with Crippen molar-refractivity contribution in [1.29, 1.82) is 0 Å². The van der Waals surface area contributed by atoms with E-state index < -0.39 is 0 Å². The lowest BCUT2D eigenvalue weighted by atomic mass is 10.1. The highest BCUT2D eigenvalue weighted by molar-refractivity contribution is 5.15. The summed E-state index contributed by atoms with van der Waals surface area (Å²) in [6.45, 7) is 3.43. The van der Waals surface area contributed by atoms with Gasteiger partial charge in [-0.25, -0.2) is 0 Å². The predicted molar refractivity (Wildman–Crippen MR) is 76.7 cm³/mol. The van der Waals surface area contributed by atoms with Crippen molar-refractivity contribution in [2.24, 2.45) is 0 Å². The summed E-state index contributed by atoms with van der Waals surface area (Å²) in [6.07, 6.45) is 23.8. The highest BCUT2D eigenvalue weighted by Crippen LogP contribution is 2.09. The second-order valence-corrected chi connectivity index (χ2v) is 4.78. The third kappa shape index (κ3) is 7.84. The molecule has 0 spiro atoms. The Morgan fingerprint density at radius 3 is 1.76 bits per heavy atom. The van der Waals surface area contributed by atoms with Crippen LogP contribution in [0, 0.1) is 0 Å². The average Bonchev–Trinajstić information content (AvgIpc) is 2.61. The molecule has 0 aromatic heterocycles. The molecule has 0 saturated heterocycles. The molecule has 0 atom stereocenters. The molecule has 96 valence electrons. The first kappa shape index (κ1) is 14.1. The third-order valence-electron chi connectivity index (χ3n) is 3.16. The molecule has 1 aliphatic heterocycles. The third-order valence-corrected chi connectivity index (χ3v) is 3.16. The van der Waals surface area contributed by atoms with Gasteiger partial charge < -0.3 is 4.90 Å². The van der Waals surface area contributed by atoms with Crippen LogP contribution in [0.25, 0.3) is 0 Å². The molecule has 1 heterocycles. The summed E-state index contributed by atoms with van der Waals surface area (Å²) in [5, 5.41) is 0. The van der Waals surface area contributed by atoms with Gasteiger partial charge in [-0.3, -0.25) is 0 Å². The van der Waals surface area contributed by atoms with Crippen LogP contribution in [0.1, 0.15) is 58.3 Å². The fourth-order valence-corrected chi connectivity index (χ4v) is 2.08. The monoisotopic (exact) mass is 233 g/mol. The van der Waals surface area contributed by atoms with Gasteiger partial charge >= 0.3 is 0 Å². The Balaban J connectivity index is 1.90. The van der Waals surface area contributed by atoms with Crippen LogP contribution < -0.4 is 0 Å². The van der Waals surface area contributed by atoms with E-state index in [1.165, 1.54) is 51.4 Å². The number of nitrogens with zero attached hydrogens (tertiary/aromatic N) is 1. The van der Waals surface area contributed by atoms with Gasteiger partial charge in [-0.15, -0.1) is 0 Å². The van der Waals surface area contributed by atoms with Gasteiger partial charge in [-0.05, 0) is 18.6 Å². The Morgan fingerprint density at radius 2 is 1.18 bits per heavy atom. The predicted octanol–water partition coefficient (Wildman–Crippen LogP) is 5.03. The van der Waals surface area contributed by atoms with Crippen molar-refractivity contribution >= 4 is 0 Å². The topological polar surface area (TPSA) is 3.24 Å². The zero-order valence-corrected chi connectivity index (χ0v) is 11.3. The fraction of sp³-hybridized carbons (Fsp3) is 0.625. The van der Waals surface area contributed by atoms with Crippen molar-refractivity contribution in [3.63, 3.8) is 0 Å². The van der Waals surface area contributed by atoms with E-state index in [1.807, 2.05) is 0 Å². The van der Waals surface area contributed by atoms with E-state index in [9.17, 15) is 0 Å². The lowest BCUT2D eigenvalue weighted by molar-refractivity contribution is 0.465. The lowest BCUT2D eigenvalue weighted by Crippen LogP contribution is -2.10. The van der Waals surface area contributed by atoms with Crippen LogP contribution in [0.3, 0.4) is 0 Å². The second-order valence-electron chi connectivity index (χ2n) is 4.78. The maximum absolute atomic E-state index is 2.27.